The first-order valence-corrected chi connectivity index (χ1v) is 11.5. The van der Waals surface area contributed by atoms with Gasteiger partial charge in [-0.2, -0.15) is 5.10 Å². The second kappa shape index (κ2) is 8.58. The van der Waals surface area contributed by atoms with Gasteiger partial charge in [0.1, 0.15) is 0 Å². The van der Waals surface area contributed by atoms with Crippen molar-refractivity contribution < 1.29 is 4.79 Å². The average molecular weight is 437 g/mol. The molecule has 1 unspecified atom stereocenters. The fourth-order valence-electron chi connectivity index (χ4n) is 4.31. The highest BCUT2D eigenvalue weighted by molar-refractivity contribution is 7.15. The number of urea groups is 1. The summed E-state index contributed by atoms with van der Waals surface area (Å²) in [7, 11) is 0. The van der Waals surface area contributed by atoms with E-state index in [1.165, 1.54) is 22.0 Å². The van der Waals surface area contributed by atoms with Crippen LogP contribution in [0.25, 0.3) is 11.3 Å². The van der Waals surface area contributed by atoms with Gasteiger partial charge in [-0.3, -0.25) is 15.1 Å². The minimum atomic E-state index is -0.174. The van der Waals surface area contributed by atoms with Crippen molar-refractivity contribution in [2.45, 2.75) is 51.1 Å². The Morgan fingerprint density at radius 1 is 1.19 bits per heavy atom. The van der Waals surface area contributed by atoms with Crippen LogP contribution in [-0.4, -0.2) is 43.3 Å². The van der Waals surface area contributed by atoms with Gasteiger partial charge < -0.3 is 4.90 Å². The first-order chi connectivity index (χ1) is 15.2. The lowest BCUT2D eigenvalue weighted by Crippen LogP contribution is -2.42. The van der Waals surface area contributed by atoms with Crippen LogP contribution < -0.4 is 10.9 Å². The monoisotopic (exact) mass is 436 g/mol. The molecule has 4 heterocycles. The Kier molecular flexibility index (Phi) is 5.50. The Labute approximate surface area is 184 Å². The van der Waals surface area contributed by atoms with Crippen molar-refractivity contribution in [3.8, 4) is 11.3 Å². The van der Waals surface area contributed by atoms with E-state index in [4.69, 9.17) is 0 Å². The Morgan fingerprint density at radius 3 is 2.94 bits per heavy atom. The van der Waals surface area contributed by atoms with E-state index >= 15 is 0 Å². The van der Waals surface area contributed by atoms with Gasteiger partial charge in [-0.15, -0.1) is 11.3 Å². The lowest BCUT2D eigenvalue weighted by Gasteiger charge is -2.24. The van der Waals surface area contributed by atoms with Gasteiger partial charge in [-0.05, 0) is 56.7 Å². The number of hydrogen-bond acceptors (Lipinski definition) is 6. The summed E-state index contributed by atoms with van der Waals surface area (Å²) in [5.41, 5.74) is 2.50. The lowest BCUT2D eigenvalue weighted by atomic mass is 10.0. The number of nitrogens with zero attached hydrogens (tertiary/aromatic N) is 5. The van der Waals surface area contributed by atoms with Crippen molar-refractivity contribution in [1.82, 2.24) is 24.6 Å². The molecule has 1 N–H and O–H groups in total. The number of carbonyl (C=O) groups excluding carboxylic acids is 1. The maximum atomic E-state index is 13.0. The van der Waals surface area contributed by atoms with Gasteiger partial charge in [0.15, 0.2) is 5.13 Å². The van der Waals surface area contributed by atoms with Crippen molar-refractivity contribution in [1.29, 1.82) is 0 Å². The number of hydrogen-bond donors (Lipinski definition) is 1. The normalized spacial score (nSPS) is 18.1. The van der Waals surface area contributed by atoms with Gasteiger partial charge in [-0.1, -0.05) is 0 Å². The third-order valence-corrected chi connectivity index (χ3v) is 6.98. The lowest BCUT2D eigenvalue weighted by molar-refractivity contribution is 0.199. The molecule has 3 aromatic heterocycles. The van der Waals surface area contributed by atoms with Crippen molar-refractivity contribution in [2.24, 2.45) is 0 Å². The molecule has 1 saturated heterocycles. The molecule has 5 rings (SSSR count). The first-order valence-electron chi connectivity index (χ1n) is 10.7. The molecular formula is C22H24N6O2S. The summed E-state index contributed by atoms with van der Waals surface area (Å²) in [4.78, 5) is 37.2. The zero-order valence-electron chi connectivity index (χ0n) is 17.2. The average Bonchev–Trinajstić information content (AvgIpc) is 3.42. The quantitative estimate of drug-likeness (QED) is 0.677. The van der Waals surface area contributed by atoms with E-state index in [0.717, 1.165) is 43.4 Å². The molecule has 0 aromatic carbocycles. The van der Waals surface area contributed by atoms with Crippen LogP contribution in [0, 0.1) is 0 Å². The maximum absolute atomic E-state index is 13.0. The van der Waals surface area contributed by atoms with Crippen LogP contribution in [0.15, 0.2) is 41.5 Å². The van der Waals surface area contributed by atoms with Crippen LogP contribution in [-0.2, 0) is 19.4 Å². The second-order valence-corrected chi connectivity index (χ2v) is 9.08. The minimum absolute atomic E-state index is 0.0797. The fourth-order valence-corrected chi connectivity index (χ4v) is 5.35. The summed E-state index contributed by atoms with van der Waals surface area (Å²) >= 11 is 1.59. The summed E-state index contributed by atoms with van der Waals surface area (Å²) in [6, 6.07) is 6.75. The predicted molar refractivity (Wildman–Crippen MR) is 119 cm³/mol. The van der Waals surface area contributed by atoms with E-state index in [1.807, 2.05) is 17.0 Å². The molecule has 3 aromatic rings. The number of anilines is 1. The number of rotatable bonds is 4. The van der Waals surface area contributed by atoms with E-state index in [2.05, 4.69) is 20.4 Å². The van der Waals surface area contributed by atoms with E-state index in [0.29, 0.717) is 23.9 Å². The number of thiazole rings is 1. The zero-order valence-corrected chi connectivity index (χ0v) is 18.0. The molecule has 0 bridgehead atoms. The van der Waals surface area contributed by atoms with Crippen molar-refractivity contribution in [2.75, 3.05) is 11.9 Å². The SMILES string of the molecule is O=C(Nc1nc2c(s1)CCCC2)N1CCCC1Cn1nc(-c2cccnc2)ccc1=O. The highest BCUT2D eigenvalue weighted by atomic mass is 32.1. The van der Waals surface area contributed by atoms with Crippen molar-refractivity contribution in [3.63, 3.8) is 0 Å². The number of aromatic nitrogens is 4. The topological polar surface area (TPSA) is 93.0 Å². The number of aryl methyl sites for hydroxylation is 2. The molecule has 2 aliphatic rings. The molecule has 0 radical (unpaired) electrons. The van der Waals surface area contributed by atoms with Crippen LogP contribution in [0.4, 0.5) is 9.93 Å². The summed E-state index contributed by atoms with van der Waals surface area (Å²) in [5, 5.41) is 8.19. The van der Waals surface area contributed by atoms with Crippen molar-refractivity contribution in [3.05, 3.63) is 57.6 Å². The standard InChI is InChI=1S/C22H24N6O2S/c29-20-10-9-17(15-5-3-11-23-13-15)26-28(20)14-16-6-4-12-27(16)22(30)25-21-24-18-7-1-2-8-19(18)31-21/h3,5,9-11,13,16H,1-2,4,6-8,12,14H2,(H,24,25,30). The van der Waals surface area contributed by atoms with Gasteiger partial charge in [0, 0.05) is 35.4 Å². The van der Waals surface area contributed by atoms with E-state index < -0.39 is 0 Å². The van der Waals surface area contributed by atoms with Crippen LogP contribution in [0.2, 0.25) is 0 Å². The molecular weight excluding hydrogens is 412 g/mol. The molecule has 1 aliphatic carbocycles. The summed E-state index contributed by atoms with van der Waals surface area (Å²) < 4.78 is 1.46. The maximum Gasteiger partial charge on any atom is 0.323 e. The van der Waals surface area contributed by atoms with Gasteiger partial charge in [0.05, 0.1) is 24.0 Å². The van der Waals surface area contributed by atoms with E-state index in [1.54, 1.807) is 29.8 Å². The summed E-state index contributed by atoms with van der Waals surface area (Å²) in [5.74, 6) is 0. The van der Waals surface area contributed by atoms with Gasteiger partial charge in [-0.25, -0.2) is 14.5 Å². The molecule has 0 spiro atoms. The highest BCUT2D eigenvalue weighted by Gasteiger charge is 2.30. The largest absolute Gasteiger partial charge is 0.323 e. The molecule has 9 heteroatoms. The second-order valence-electron chi connectivity index (χ2n) is 8.00. The number of nitrogens with one attached hydrogen (secondary N) is 1. The predicted octanol–water partition coefficient (Wildman–Crippen LogP) is 3.34. The van der Waals surface area contributed by atoms with Gasteiger partial charge >= 0.3 is 6.03 Å². The van der Waals surface area contributed by atoms with Crippen LogP contribution in [0.5, 0.6) is 0 Å². The number of pyridine rings is 1. The highest BCUT2D eigenvalue weighted by Crippen LogP contribution is 2.30. The van der Waals surface area contributed by atoms with E-state index in [9.17, 15) is 9.59 Å². The number of likely N-dealkylation sites (tertiary alicyclic amines) is 1. The Hall–Kier alpha value is -3.07. The number of carbonyl (C=O) groups is 1. The minimum Gasteiger partial charge on any atom is -0.320 e. The molecule has 160 valence electrons. The zero-order chi connectivity index (χ0) is 21.2. The Balaban J connectivity index is 1.31. The molecule has 31 heavy (non-hydrogen) atoms. The van der Waals surface area contributed by atoms with Crippen LogP contribution >= 0.6 is 11.3 Å². The Bertz CT molecular complexity index is 1120. The summed E-state index contributed by atoms with van der Waals surface area (Å²) in [6.07, 6.45) is 9.58. The third-order valence-electron chi connectivity index (χ3n) is 5.91. The fraction of sp³-hybridized carbons (Fsp3) is 0.409. The first kappa shape index (κ1) is 19.9. The molecule has 1 fully saturated rings. The molecule has 0 saturated carbocycles. The molecule has 1 atom stereocenters. The van der Waals surface area contributed by atoms with Crippen LogP contribution in [0.1, 0.15) is 36.3 Å². The van der Waals surface area contributed by atoms with Crippen molar-refractivity contribution >= 4 is 22.5 Å². The van der Waals surface area contributed by atoms with Gasteiger partial charge in [0.2, 0.25) is 0 Å². The molecule has 1 aliphatic heterocycles. The van der Waals surface area contributed by atoms with E-state index in [-0.39, 0.29) is 17.6 Å². The van der Waals surface area contributed by atoms with Gasteiger partial charge in [0.25, 0.3) is 5.56 Å². The third kappa shape index (κ3) is 4.23. The number of amides is 2. The molecule has 8 nitrogen and oxygen atoms in total. The molecule has 2 amide bonds. The number of fused-ring (bicyclic) bond motifs is 1. The smallest absolute Gasteiger partial charge is 0.320 e. The van der Waals surface area contributed by atoms with Crippen LogP contribution in [0.3, 0.4) is 0 Å². The summed E-state index contributed by atoms with van der Waals surface area (Å²) in [6.45, 7) is 1.04. The Morgan fingerprint density at radius 2 is 2.10 bits per heavy atom.